The van der Waals surface area contributed by atoms with Crippen molar-refractivity contribution in [3.05, 3.63) is 0 Å². The number of rotatable bonds is 10. The molecular weight excluding hydrogens is 238 g/mol. The van der Waals surface area contributed by atoms with Crippen molar-refractivity contribution in [2.24, 2.45) is 5.73 Å². The summed E-state index contributed by atoms with van der Waals surface area (Å²) >= 11 is 0. The molecule has 0 saturated heterocycles. The van der Waals surface area contributed by atoms with E-state index in [1.54, 1.807) is 0 Å². The lowest BCUT2D eigenvalue weighted by Crippen LogP contribution is -2.53. The standard InChI is InChI=1S/C15H31N3O/c1-4-11-17-15(2,14(16)19)10-5-6-12-18(3)13-8-7-9-13/h13,17H,4-12H2,1-3H3,(H2,16,19). The Morgan fingerprint density at radius 2 is 2.11 bits per heavy atom. The van der Waals surface area contributed by atoms with E-state index < -0.39 is 5.54 Å². The van der Waals surface area contributed by atoms with Crippen molar-refractivity contribution < 1.29 is 4.79 Å². The molecule has 1 rings (SSSR count). The van der Waals surface area contributed by atoms with Crippen LogP contribution in [0.2, 0.25) is 0 Å². The van der Waals surface area contributed by atoms with E-state index in [-0.39, 0.29) is 5.91 Å². The maximum Gasteiger partial charge on any atom is 0.237 e. The summed E-state index contributed by atoms with van der Waals surface area (Å²) in [5.74, 6) is -0.228. The Morgan fingerprint density at radius 3 is 2.58 bits per heavy atom. The van der Waals surface area contributed by atoms with Gasteiger partial charge in [0.1, 0.15) is 0 Å². The van der Waals surface area contributed by atoms with Crippen LogP contribution in [0.1, 0.15) is 58.8 Å². The fourth-order valence-electron chi connectivity index (χ4n) is 2.55. The molecule has 1 amide bonds. The van der Waals surface area contributed by atoms with Gasteiger partial charge in [0.15, 0.2) is 0 Å². The maximum atomic E-state index is 11.6. The molecule has 0 radical (unpaired) electrons. The van der Waals surface area contributed by atoms with Crippen molar-refractivity contribution in [3.8, 4) is 0 Å². The highest BCUT2D eigenvalue weighted by Gasteiger charge is 2.29. The van der Waals surface area contributed by atoms with Crippen LogP contribution in [0.15, 0.2) is 0 Å². The highest BCUT2D eigenvalue weighted by atomic mass is 16.1. The van der Waals surface area contributed by atoms with Crippen molar-refractivity contribution in [3.63, 3.8) is 0 Å². The predicted molar refractivity (Wildman–Crippen MR) is 80.0 cm³/mol. The summed E-state index contributed by atoms with van der Waals surface area (Å²) in [5, 5.41) is 3.29. The van der Waals surface area contributed by atoms with Crippen LogP contribution in [0, 0.1) is 0 Å². The van der Waals surface area contributed by atoms with Gasteiger partial charge in [-0.15, -0.1) is 0 Å². The number of unbranched alkanes of at least 4 members (excludes halogenated alkanes) is 1. The number of nitrogens with one attached hydrogen (secondary N) is 1. The molecule has 1 aliphatic carbocycles. The number of amides is 1. The van der Waals surface area contributed by atoms with E-state index in [2.05, 4.69) is 24.2 Å². The van der Waals surface area contributed by atoms with Crippen molar-refractivity contribution in [2.75, 3.05) is 20.1 Å². The minimum Gasteiger partial charge on any atom is -0.368 e. The summed E-state index contributed by atoms with van der Waals surface area (Å²) in [6.45, 7) is 6.01. The molecule has 4 nitrogen and oxygen atoms in total. The van der Waals surface area contributed by atoms with Crippen LogP contribution >= 0.6 is 0 Å². The Kier molecular flexibility index (Phi) is 6.80. The van der Waals surface area contributed by atoms with Crippen molar-refractivity contribution in [2.45, 2.75) is 70.4 Å². The molecule has 0 aromatic carbocycles. The van der Waals surface area contributed by atoms with Gasteiger partial charge in [-0.2, -0.15) is 0 Å². The zero-order valence-electron chi connectivity index (χ0n) is 12.9. The molecule has 0 aromatic rings. The SMILES string of the molecule is CCCNC(C)(CCCCN(C)C1CCC1)C(N)=O. The summed E-state index contributed by atoms with van der Waals surface area (Å²) in [5.41, 5.74) is 4.98. The highest BCUT2D eigenvalue weighted by molar-refractivity contribution is 5.84. The molecule has 0 aliphatic heterocycles. The van der Waals surface area contributed by atoms with Gasteiger partial charge in [0.2, 0.25) is 5.91 Å². The number of carbonyl (C=O) groups excluding carboxylic acids is 1. The third-order valence-electron chi connectivity index (χ3n) is 4.44. The second-order valence-corrected chi connectivity index (χ2v) is 6.15. The number of nitrogens with zero attached hydrogens (tertiary/aromatic N) is 1. The minimum atomic E-state index is -0.537. The van der Waals surface area contributed by atoms with Gasteiger partial charge in [0, 0.05) is 6.04 Å². The lowest BCUT2D eigenvalue weighted by atomic mass is 9.91. The van der Waals surface area contributed by atoms with Crippen LogP contribution < -0.4 is 11.1 Å². The molecule has 1 aliphatic rings. The summed E-state index contributed by atoms with van der Waals surface area (Å²) in [6, 6.07) is 0.806. The molecule has 1 unspecified atom stereocenters. The van der Waals surface area contributed by atoms with Gasteiger partial charge < -0.3 is 16.0 Å². The Hall–Kier alpha value is -0.610. The number of carbonyl (C=O) groups is 1. The lowest BCUT2D eigenvalue weighted by Gasteiger charge is -2.35. The first-order valence-corrected chi connectivity index (χ1v) is 7.75. The summed E-state index contributed by atoms with van der Waals surface area (Å²) in [4.78, 5) is 14.0. The molecular formula is C15H31N3O. The molecule has 0 aromatic heterocycles. The molecule has 3 N–H and O–H groups in total. The van der Waals surface area contributed by atoms with E-state index in [0.717, 1.165) is 44.8 Å². The number of hydrogen-bond acceptors (Lipinski definition) is 3. The molecule has 1 fully saturated rings. The number of hydrogen-bond donors (Lipinski definition) is 2. The fraction of sp³-hybridized carbons (Fsp3) is 0.933. The molecule has 4 heteroatoms. The second kappa shape index (κ2) is 7.85. The fourth-order valence-corrected chi connectivity index (χ4v) is 2.55. The maximum absolute atomic E-state index is 11.6. The van der Waals surface area contributed by atoms with Gasteiger partial charge in [0.05, 0.1) is 5.54 Å². The van der Waals surface area contributed by atoms with Crippen LogP contribution in [0.5, 0.6) is 0 Å². The van der Waals surface area contributed by atoms with Gasteiger partial charge in [0.25, 0.3) is 0 Å². The average molecular weight is 269 g/mol. The molecule has 0 spiro atoms. The van der Waals surface area contributed by atoms with Crippen LogP contribution in [0.4, 0.5) is 0 Å². The molecule has 1 saturated carbocycles. The molecule has 112 valence electrons. The van der Waals surface area contributed by atoms with Crippen LogP contribution in [-0.2, 0) is 4.79 Å². The van der Waals surface area contributed by atoms with Gasteiger partial charge in [-0.05, 0) is 65.6 Å². The minimum absolute atomic E-state index is 0.228. The van der Waals surface area contributed by atoms with E-state index in [1.165, 1.54) is 19.3 Å². The van der Waals surface area contributed by atoms with Crippen LogP contribution in [0.25, 0.3) is 0 Å². The Labute approximate surface area is 118 Å². The van der Waals surface area contributed by atoms with Gasteiger partial charge in [-0.25, -0.2) is 0 Å². The zero-order valence-corrected chi connectivity index (χ0v) is 12.9. The first kappa shape index (κ1) is 16.4. The van der Waals surface area contributed by atoms with Crippen molar-refractivity contribution in [1.82, 2.24) is 10.2 Å². The Balaban J connectivity index is 2.21. The van der Waals surface area contributed by atoms with E-state index in [4.69, 9.17) is 5.73 Å². The van der Waals surface area contributed by atoms with E-state index in [9.17, 15) is 4.79 Å². The first-order valence-electron chi connectivity index (χ1n) is 7.75. The Bertz CT molecular complexity index is 279. The molecule has 1 atom stereocenters. The quantitative estimate of drug-likeness (QED) is 0.595. The zero-order chi connectivity index (χ0) is 14.3. The lowest BCUT2D eigenvalue weighted by molar-refractivity contribution is -0.124. The van der Waals surface area contributed by atoms with Crippen LogP contribution in [-0.4, -0.2) is 42.5 Å². The number of nitrogens with two attached hydrogens (primary N) is 1. The highest BCUT2D eigenvalue weighted by Crippen LogP contribution is 2.24. The van der Waals surface area contributed by atoms with E-state index in [1.807, 2.05) is 6.92 Å². The van der Waals surface area contributed by atoms with E-state index in [0.29, 0.717) is 0 Å². The van der Waals surface area contributed by atoms with Crippen molar-refractivity contribution >= 4 is 5.91 Å². The van der Waals surface area contributed by atoms with Gasteiger partial charge in [-0.1, -0.05) is 13.3 Å². The summed E-state index contributed by atoms with van der Waals surface area (Å²) in [7, 11) is 2.21. The molecule has 19 heavy (non-hydrogen) atoms. The summed E-state index contributed by atoms with van der Waals surface area (Å²) < 4.78 is 0. The van der Waals surface area contributed by atoms with E-state index >= 15 is 0 Å². The topological polar surface area (TPSA) is 58.4 Å². The Morgan fingerprint density at radius 1 is 1.42 bits per heavy atom. The number of primary amides is 1. The second-order valence-electron chi connectivity index (χ2n) is 6.15. The van der Waals surface area contributed by atoms with Gasteiger partial charge in [-0.3, -0.25) is 4.79 Å². The molecule has 0 heterocycles. The van der Waals surface area contributed by atoms with Crippen molar-refractivity contribution in [1.29, 1.82) is 0 Å². The monoisotopic (exact) mass is 269 g/mol. The third kappa shape index (κ3) is 5.11. The largest absolute Gasteiger partial charge is 0.368 e. The third-order valence-corrected chi connectivity index (χ3v) is 4.44. The molecule has 0 bridgehead atoms. The summed E-state index contributed by atoms with van der Waals surface area (Å²) in [6.07, 6.45) is 8.14. The van der Waals surface area contributed by atoms with Gasteiger partial charge >= 0.3 is 0 Å². The average Bonchev–Trinajstić information content (AvgIpc) is 2.29. The normalized spacial score (nSPS) is 19.2. The van der Waals surface area contributed by atoms with Crippen LogP contribution in [0.3, 0.4) is 0 Å². The predicted octanol–water partition coefficient (Wildman–Crippen LogP) is 1.88. The smallest absolute Gasteiger partial charge is 0.237 e. The first-order chi connectivity index (χ1) is 8.99.